The Bertz CT molecular complexity index is 959. The molecule has 1 N–H and O–H groups in total. The molecular weight excluding hydrogens is 386 g/mol. The highest BCUT2D eigenvalue weighted by molar-refractivity contribution is 6.06. The molecule has 1 heterocycles. The fraction of sp³-hybridized carbons (Fsp3) is 0.250. The molecule has 0 aromatic heterocycles. The maximum atomic E-state index is 13.4. The van der Waals surface area contributed by atoms with Crippen LogP contribution in [0.4, 0.5) is 14.5 Å². The van der Waals surface area contributed by atoms with Crippen LogP contribution in [0.15, 0.2) is 36.4 Å². The fourth-order valence-electron chi connectivity index (χ4n) is 3.11. The molecule has 1 unspecified atom stereocenters. The van der Waals surface area contributed by atoms with Crippen LogP contribution < -0.4 is 14.8 Å². The topological polar surface area (TPSA) is 84.9 Å². The maximum Gasteiger partial charge on any atom is 0.247 e. The van der Waals surface area contributed by atoms with Gasteiger partial charge in [0, 0.05) is 37.6 Å². The number of rotatable bonds is 5. The van der Waals surface area contributed by atoms with Crippen LogP contribution in [0.3, 0.4) is 0 Å². The summed E-state index contributed by atoms with van der Waals surface area (Å²) in [5.41, 5.74) is 0.217. The maximum absolute atomic E-state index is 13.4. The zero-order valence-electron chi connectivity index (χ0n) is 15.7. The van der Waals surface area contributed by atoms with Crippen molar-refractivity contribution in [3.05, 3.63) is 48.0 Å². The van der Waals surface area contributed by atoms with Crippen LogP contribution in [-0.2, 0) is 14.4 Å². The molecule has 1 atom stereocenters. The van der Waals surface area contributed by atoms with Crippen LogP contribution in [0.2, 0.25) is 0 Å². The van der Waals surface area contributed by atoms with Gasteiger partial charge in [-0.3, -0.25) is 19.3 Å². The number of carbonyl (C=O) groups is 3. The Morgan fingerprint density at radius 3 is 2.41 bits per heavy atom. The third-order valence-electron chi connectivity index (χ3n) is 4.35. The van der Waals surface area contributed by atoms with Gasteiger partial charge in [-0.05, 0) is 18.6 Å². The van der Waals surface area contributed by atoms with Crippen LogP contribution in [0.1, 0.15) is 19.8 Å². The molecule has 0 radical (unpaired) electrons. The first kappa shape index (κ1) is 20.2. The van der Waals surface area contributed by atoms with Gasteiger partial charge in [-0.15, -0.1) is 0 Å². The van der Waals surface area contributed by atoms with Crippen molar-refractivity contribution in [3.8, 4) is 17.2 Å². The van der Waals surface area contributed by atoms with Crippen LogP contribution in [0.5, 0.6) is 17.2 Å². The molecule has 7 nitrogen and oxygen atoms in total. The van der Waals surface area contributed by atoms with E-state index in [0.29, 0.717) is 5.75 Å². The van der Waals surface area contributed by atoms with E-state index in [1.165, 1.54) is 32.2 Å². The summed E-state index contributed by atoms with van der Waals surface area (Å²) in [4.78, 5) is 37.1. The normalized spacial score (nSPS) is 15.9. The summed E-state index contributed by atoms with van der Waals surface area (Å²) in [6.45, 7) is 1.22. The molecule has 0 saturated carbocycles. The lowest BCUT2D eigenvalue weighted by molar-refractivity contribution is -0.145. The van der Waals surface area contributed by atoms with Crippen LogP contribution in [-0.4, -0.2) is 35.8 Å². The molecule has 152 valence electrons. The molecule has 2 aromatic rings. The van der Waals surface area contributed by atoms with Crippen LogP contribution in [0.25, 0.3) is 0 Å². The summed E-state index contributed by atoms with van der Waals surface area (Å²) >= 11 is 0. The lowest BCUT2D eigenvalue weighted by Crippen LogP contribution is -2.44. The molecule has 3 amide bonds. The minimum atomic E-state index is -0.924. The zero-order chi connectivity index (χ0) is 21.1. The zero-order valence-corrected chi connectivity index (χ0v) is 15.7. The first-order valence-corrected chi connectivity index (χ1v) is 8.74. The van der Waals surface area contributed by atoms with E-state index in [0.717, 1.165) is 23.1 Å². The molecule has 0 aliphatic carbocycles. The summed E-state index contributed by atoms with van der Waals surface area (Å²) in [5.74, 6) is -2.63. The second-order valence-corrected chi connectivity index (χ2v) is 6.40. The number of likely N-dealkylation sites (tertiary alicyclic amines) is 1. The molecule has 0 spiro atoms. The van der Waals surface area contributed by atoms with Crippen molar-refractivity contribution < 1.29 is 32.6 Å². The molecule has 9 heteroatoms. The molecule has 2 aromatic carbocycles. The summed E-state index contributed by atoms with van der Waals surface area (Å²) in [6.07, 6.45) is 0.314. The quantitative estimate of drug-likeness (QED) is 0.827. The summed E-state index contributed by atoms with van der Waals surface area (Å²) in [5, 5.41) is 2.62. The van der Waals surface area contributed by atoms with Gasteiger partial charge in [-0.2, -0.15) is 0 Å². The number of anilines is 1. The van der Waals surface area contributed by atoms with Crippen molar-refractivity contribution in [2.75, 3.05) is 12.4 Å². The number of amides is 3. The van der Waals surface area contributed by atoms with Gasteiger partial charge in [0.15, 0.2) is 0 Å². The predicted molar refractivity (Wildman–Crippen MR) is 98.6 cm³/mol. The molecule has 1 aliphatic heterocycles. The fourth-order valence-corrected chi connectivity index (χ4v) is 3.11. The second kappa shape index (κ2) is 8.26. The van der Waals surface area contributed by atoms with E-state index in [2.05, 4.69) is 5.32 Å². The van der Waals surface area contributed by atoms with Gasteiger partial charge in [0.2, 0.25) is 17.7 Å². The Labute approximate surface area is 165 Å². The van der Waals surface area contributed by atoms with Gasteiger partial charge < -0.3 is 14.8 Å². The minimum Gasteiger partial charge on any atom is -0.495 e. The number of halogens is 2. The van der Waals surface area contributed by atoms with Gasteiger partial charge in [0.1, 0.15) is 34.9 Å². The highest BCUT2D eigenvalue weighted by Crippen LogP contribution is 2.33. The number of ether oxygens (including phenoxy) is 2. The number of hydrogen-bond donors (Lipinski definition) is 1. The SMILES string of the molecule is COc1ccc(Oc2cc(F)cc(F)c2)cc1NC(=O)C1CCC(=O)N1C(C)=O. The predicted octanol–water partition coefficient (Wildman–Crippen LogP) is 3.24. The molecular formula is C20H18F2N2O5. The molecule has 0 bridgehead atoms. The Balaban J connectivity index is 1.83. The second-order valence-electron chi connectivity index (χ2n) is 6.40. The molecule has 1 aliphatic rings. The van der Waals surface area contributed by atoms with Gasteiger partial charge in [-0.1, -0.05) is 0 Å². The van der Waals surface area contributed by atoms with Gasteiger partial charge >= 0.3 is 0 Å². The number of hydrogen-bond acceptors (Lipinski definition) is 5. The summed E-state index contributed by atoms with van der Waals surface area (Å²) in [7, 11) is 1.40. The summed E-state index contributed by atoms with van der Waals surface area (Å²) in [6, 6.07) is 6.24. The van der Waals surface area contributed by atoms with Crippen molar-refractivity contribution in [1.82, 2.24) is 4.90 Å². The Hall–Kier alpha value is -3.49. The van der Waals surface area contributed by atoms with E-state index < -0.39 is 35.4 Å². The molecule has 1 fully saturated rings. The molecule has 1 saturated heterocycles. The van der Waals surface area contributed by atoms with Crippen molar-refractivity contribution in [2.24, 2.45) is 0 Å². The number of imide groups is 1. The smallest absolute Gasteiger partial charge is 0.247 e. The van der Waals surface area contributed by atoms with E-state index in [1.54, 1.807) is 0 Å². The first-order chi connectivity index (χ1) is 13.8. The van der Waals surface area contributed by atoms with E-state index in [9.17, 15) is 23.2 Å². The van der Waals surface area contributed by atoms with E-state index in [4.69, 9.17) is 9.47 Å². The van der Waals surface area contributed by atoms with Gasteiger partial charge in [-0.25, -0.2) is 8.78 Å². The van der Waals surface area contributed by atoms with E-state index in [-0.39, 0.29) is 30.0 Å². The van der Waals surface area contributed by atoms with E-state index in [1.807, 2.05) is 0 Å². The number of carbonyl (C=O) groups excluding carboxylic acids is 3. The minimum absolute atomic E-state index is 0.0610. The van der Waals surface area contributed by atoms with E-state index >= 15 is 0 Å². The Morgan fingerprint density at radius 2 is 1.79 bits per heavy atom. The van der Waals surface area contributed by atoms with Crippen molar-refractivity contribution in [3.63, 3.8) is 0 Å². The van der Waals surface area contributed by atoms with Crippen LogP contribution in [0, 0.1) is 11.6 Å². The highest BCUT2D eigenvalue weighted by atomic mass is 19.1. The molecule has 29 heavy (non-hydrogen) atoms. The number of benzene rings is 2. The number of methoxy groups -OCH3 is 1. The lowest BCUT2D eigenvalue weighted by Gasteiger charge is -2.21. The Kier molecular flexibility index (Phi) is 5.76. The highest BCUT2D eigenvalue weighted by Gasteiger charge is 2.38. The number of nitrogens with zero attached hydrogens (tertiary/aromatic N) is 1. The monoisotopic (exact) mass is 404 g/mol. The third kappa shape index (κ3) is 4.50. The van der Waals surface area contributed by atoms with Crippen LogP contribution >= 0.6 is 0 Å². The third-order valence-corrected chi connectivity index (χ3v) is 4.35. The average molecular weight is 404 g/mol. The summed E-state index contributed by atoms with van der Waals surface area (Å²) < 4.78 is 37.4. The van der Waals surface area contributed by atoms with Crippen molar-refractivity contribution >= 4 is 23.4 Å². The van der Waals surface area contributed by atoms with Gasteiger partial charge in [0.05, 0.1) is 12.8 Å². The van der Waals surface area contributed by atoms with Crippen molar-refractivity contribution in [2.45, 2.75) is 25.8 Å². The van der Waals surface area contributed by atoms with Crippen molar-refractivity contribution in [1.29, 1.82) is 0 Å². The Morgan fingerprint density at radius 1 is 1.10 bits per heavy atom. The first-order valence-electron chi connectivity index (χ1n) is 8.74. The largest absolute Gasteiger partial charge is 0.495 e. The standard InChI is InChI=1S/C20H18F2N2O5/c1-11(25)24-17(4-6-19(24)26)20(27)23-16-10-14(3-5-18(16)28-2)29-15-8-12(21)7-13(22)9-15/h3,5,7-10,17H,4,6H2,1-2H3,(H,23,27). The molecule has 3 rings (SSSR count). The number of nitrogens with one attached hydrogen (secondary N) is 1. The average Bonchev–Trinajstić information content (AvgIpc) is 3.03. The van der Waals surface area contributed by atoms with Gasteiger partial charge in [0.25, 0.3) is 0 Å². The lowest BCUT2D eigenvalue weighted by atomic mass is 10.2.